The van der Waals surface area contributed by atoms with Crippen LogP contribution < -0.4 is 10.9 Å². The average Bonchev–Trinajstić information content (AvgIpc) is 2.83. The van der Waals surface area contributed by atoms with Crippen LogP contribution in [0.4, 0.5) is 5.69 Å². The second-order valence-corrected chi connectivity index (χ2v) is 7.57. The van der Waals surface area contributed by atoms with Gasteiger partial charge in [0.15, 0.2) is 0 Å². The molecule has 0 bridgehead atoms. The Bertz CT molecular complexity index is 932. The smallest absolute Gasteiger partial charge is 0.259 e. The number of hydrogen-bond donors (Lipinski definition) is 2. The summed E-state index contributed by atoms with van der Waals surface area (Å²) in [5, 5.41) is 3.50. The molecular weight excluding hydrogens is 342 g/mol. The summed E-state index contributed by atoms with van der Waals surface area (Å²) in [6.45, 7) is 3.93. The number of fused-ring (bicyclic) bond motifs is 1. The van der Waals surface area contributed by atoms with Crippen molar-refractivity contribution < 1.29 is 4.79 Å². The van der Waals surface area contributed by atoms with Crippen molar-refractivity contribution in [3.8, 4) is 0 Å². The van der Waals surface area contributed by atoms with Gasteiger partial charge in [-0.05, 0) is 31.5 Å². The number of aryl methyl sites for hydroxylation is 2. The molecule has 7 heteroatoms. The second kappa shape index (κ2) is 7.19. The number of anilines is 1. The first-order valence-electron chi connectivity index (χ1n) is 7.46. The van der Waals surface area contributed by atoms with Crippen molar-refractivity contribution in [2.45, 2.75) is 19.6 Å². The maximum absolute atomic E-state index is 12.2. The maximum Gasteiger partial charge on any atom is 0.259 e. The molecule has 0 atom stereocenters. The summed E-state index contributed by atoms with van der Waals surface area (Å²) in [5.41, 5.74) is 1.66. The highest BCUT2D eigenvalue weighted by Gasteiger charge is 2.12. The molecule has 0 saturated carbocycles. The number of H-pyrrole nitrogens is 1. The number of amides is 1. The predicted octanol–water partition coefficient (Wildman–Crippen LogP) is 3.47. The van der Waals surface area contributed by atoms with Crippen molar-refractivity contribution in [2.24, 2.45) is 0 Å². The van der Waals surface area contributed by atoms with Gasteiger partial charge >= 0.3 is 0 Å². The minimum Gasteiger partial charge on any atom is -0.325 e. The first-order chi connectivity index (χ1) is 11.5. The van der Waals surface area contributed by atoms with Crippen LogP contribution in [0.1, 0.15) is 16.3 Å². The van der Waals surface area contributed by atoms with Gasteiger partial charge in [-0.25, -0.2) is 4.98 Å². The maximum atomic E-state index is 12.2. The molecule has 1 aromatic carbocycles. The summed E-state index contributed by atoms with van der Waals surface area (Å²) in [6, 6.07) is 9.33. The van der Waals surface area contributed by atoms with Gasteiger partial charge in [0.1, 0.15) is 10.7 Å². The van der Waals surface area contributed by atoms with E-state index in [1.807, 2.05) is 44.2 Å². The normalized spacial score (nSPS) is 10.9. The number of thioether (sulfide) groups is 1. The Balaban J connectivity index is 1.62. The number of nitrogens with zero attached hydrogens (tertiary/aromatic N) is 1. The second-order valence-electron chi connectivity index (χ2n) is 5.38. The highest BCUT2D eigenvalue weighted by Crippen LogP contribution is 2.26. The summed E-state index contributed by atoms with van der Waals surface area (Å²) in [6.07, 6.45) is 0. The van der Waals surface area contributed by atoms with Crippen LogP contribution in [0.2, 0.25) is 0 Å². The summed E-state index contributed by atoms with van der Waals surface area (Å²) in [7, 11) is 0. The molecule has 0 unspecified atom stereocenters. The van der Waals surface area contributed by atoms with E-state index in [2.05, 4.69) is 15.3 Å². The minimum absolute atomic E-state index is 0.0718. The molecule has 0 spiro atoms. The Hall–Kier alpha value is -2.12. The molecule has 24 heavy (non-hydrogen) atoms. The van der Waals surface area contributed by atoms with Crippen LogP contribution in [0, 0.1) is 13.8 Å². The molecule has 2 aromatic heterocycles. The molecule has 5 nitrogen and oxygen atoms in total. The number of para-hydroxylation sites is 1. The van der Waals surface area contributed by atoms with E-state index in [9.17, 15) is 9.59 Å². The van der Waals surface area contributed by atoms with E-state index in [4.69, 9.17) is 0 Å². The molecule has 0 aliphatic rings. The van der Waals surface area contributed by atoms with Crippen molar-refractivity contribution in [3.05, 3.63) is 57.0 Å². The number of carbonyl (C=O) groups excluding carboxylic acids is 1. The molecule has 0 radical (unpaired) electrons. The van der Waals surface area contributed by atoms with Crippen LogP contribution in [-0.2, 0) is 10.5 Å². The number of hydrogen-bond acceptors (Lipinski definition) is 5. The Morgan fingerprint density at radius 1 is 1.29 bits per heavy atom. The molecule has 2 N–H and O–H groups in total. The van der Waals surface area contributed by atoms with Gasteiger partial charge in [-0.2, -0.15) is 0 Å². The molecule has 0 aliphatic carbocycles. The van der Waals surface area contributed by atoms with Crippen LogP contribution in [0.15, 0.2) is 35.1 Å². The van der Waals surface area contributed by atoms with Crippen LogP contribution in [0.5, 0.6) is 0 Å². The van der Waals surface area contributed by atoms with Gasteiger partial charge in [0.25, 0.3) is 5.56 Å². The topological polar surface area (TPSA) is 74.8 Å². The van der Waals surface area contributed by atoms with E-state index in [0.29, 0.717) is 22.7 Å². The van der Waals surface area contributed by atoms with Crippen molar-refractivity contribution in [2.75, 3.05) is 11.1 Å². The number of rotatable bonds is 5. The number of thiophene rings is 1. The van der Waals surface area contributed by atoms with Gasteiger partial charge in [-0.1, -0.05) is 18.2 Å². The first-order valence-corrected chi connectivity index (χ1v) is 9.43. The van der Waals surface area contributed by atoms with Gasteiger partial charge in [0.05, 0.1) is 16.9 Å². The fourth-order valence-corrected chi connectivity index (χ4v) is 4.07. The van der Waals surface area contributed by atoms with E-state index in [-0.39, 0.29) is 11.5 Å². The highest BCUT2D eigenvalue weighted by molar-refractivity contribution is 7.99. The zero-order chi connectivity index (χ0) is 17.1. The molecule has 1 amide bonds. The van der Waals surface area contributed by atoms with Crippen molar-refractivity contribution in [1.82, 2.24) is 9.97 Å². The number of aromatic amines is 1. The quantitative estimate of drug-likeness (QED) is 0.731. The molecule has 3 aromatic rings. The van der Waals surface area contributed by atoms with Crippen LogP contribution in [-0.4, -0.2) is 21.6 Å². The third-order valence-corrected chi connectivity index (χ3v) is 5.66. The number of aromatic nitrogens is 2. The number of nitrogens with one attached hydrogen (secondary N) is 2. The van der Waals surface area contributed by atoms with Gasteiger partial charge in [-0.3, -0.25) is 9.59 Å². The molecule has 124 valence electrons. The Morgan fingerprint density at radius 3 is 2.79 bits per heavy atom. The zero-order valence-electron chi connectivity index (χ0n) is 13.4. The average molecular weight is 359 g/mol. The summed E-state index contributed by atoms with van der Waals surface area (Å²) >= 11 is 2.95. The largest absolute Gasteiger partial charge is 0.325 e. The number of benzene rings is 1. The first kappa shape index (κ1) is 16.7. The third kappa shape index (κ3) is 3.68. The lowest BCUT2D eigenvalue weighted by Gasteiger charge is -2.05. The molecule has 0 fully saturated rings. The van der Waals surface area contributed by atoms with Gasteiger partial charge in [0, 0.05) is 10.6 Å². The van der Waals surface area contributed by atoms with Gasteiger partial charge < -0.3 is 10.3 Å². The van der Waals surface area contributed by atoms with Crippen molar-refractivity contribution in [1.29, 1.82) is 0 Å². The fourth-order valence-electron chi connectivity index (χ4n) is 2.33. The van der Waals surface area contributed by atoms with E-state index < -0.39 is 0 Å². The van der Waals surface area contributed by atoms with E-state index in [1.165, 1.54) is 23.1 Å². The predicted molar refractivity (Wildman–Crippen MR) is 101 cm³/mol. The fraction of sp³-hybridized carbons (Fsp3) is 0.235. The van der Waals surface area contributed by atoms with Crippen molar-refractivity contribution >= 4 is 44.9 Å². The lowest BCUT2D eigenvalue weighted by Crippen LogP contribution is -2.15. The lowest BCUT2D eigenvalue weighted by molar-refractivity contribution is -0.113. The standard InChI is InChI=1S/C17H17N3O2S2/c1-10-11(2)24-17-15(10)16(22)19-13(20-17)8-23-9-14(21)18-12-6-4-3-5-7-12/h3-7H,8-9H2,1-2H3,(H,18,21)(H,19,20,22). The third-order valence-electron chi connectivity index (χ3n) is 3.62. The molecule has 3 rings (SSSR count). The zero-order valence-corrected chi connectivity index (χ0v) is 15.0. The van der Waals surface area contributed by atoms with E-state index >= 15 is 0 Å². The molecular formula is C17H17N3O2S2. The Kier molecular flexibility index (Phi) is 5.01. The summed E-state index contributed by atoms with van der Waals surface area (Å²) < 4.78 is 0. The lowest BCUT2D eigenvalue weighted by atomic mass is 10.2. The van der Waals surface area contributed by atoms with E-state index in [0.717, 1.165) is 21.0 Å². The Labute approximate surface area is 147 Å². The van der Waals surface area contributed by atoms with Crippen molar-refractivity contribution in [3.63, 3.8) is 0 Å². The monoisotopic (exact) mass is 359 g/mol. The van der Waals surface area contributed by atoms with E-state index in [1.54, 1.807) is 0 Å². The number of carbonyl (C=O) groups is 1. The minimum atomic E-state index is -0.105. The van der Waals surface area contributed by atoms with Crippen LogP contribution in [0.3, 0.4) is 0 Å². The molecule has 0 saturated heterocycles. The molecule has 2 heterocycles. The highest BCUT2D eigenvalue weighted by atomic mass is 32.2. The SMILES string of the molecule is Cc1sc2nc(CSCC(=O)Nc3ccccc3)[nH]c(=O)c2c1C. The van der Waals surface area contributed by atoms with Gasteiger partial charge in [0.2, 0.25) is 5.91 Å². The summed E-state index contributed by atoms with van der Waals surface area (Å²) in [5.74, 6) is 1.33. The van der Waals surface area contributed by atoms with Crippen LogP contribution >= 0.6 is 23.1 Å². The Morgan fingerprint density at radius 2 is 2.04 bits per heavy atom. The van der Waals surface area contributed by atoms with Gasteiger partial charge in [-0.15, -0.1) is 23.1 Å². The summed E-state index contributed by atoms with van der Waals surface area (Å²) in [4.78, 5) is 33.3. The van der Waals surface area contributed by atoms with Crippen LogP contribution in [0.25, 0.3) is 10.2 Å². The molecule has 0 aliphatic heterocycles.